The van der Waals surface area contributed by atoms with Gasteiger partial charge in [-0.25, -0.2) is 8.42 Å². The van der Waals surface area contributed by atoms with Gasteiger partial charge in [-0.2, -0.15) is 0 Å². The lowest BCUT2D eigenvalue weighted by molar-refractivity contribution is 0.0994. The van der Waals surface area contributed by atoms with Crippen LogP contribution < -0.4 is 4.72 Å². The Morgan fingerprint density at radius 3 is 2.62 bits per heavy atom. The van der Waals surface area contributed by atoms with Crippen LogP contribution in [0.3, 0.4) is 0 Å². The van der Waals surface area contributed by atoms with Gasteiger partial charge in [0.05, 0.1) is 11.5 Å². The second kappa shape index (κ2) is 7.79. The van der Waals surface area contributed by atoms with E-state index < -0.39 is 10.0 Å². The summed E-state index contributed by atoms with van der Waals surface area (Å²) >= 11 is 1.42. The molecule has 0 unspecified atom stereocenters. The Morgan fingerprint density at radius 1 is 1.19 bits per heavy atom. The summed E-state index contributed by atoms with van der Waals surface area (Å²) in [6, 6.07) is 6.46. The zero-order valence-corrected chi connectivity index (χ0v) is 16.4. The van der Waals surface area contributed by atoms with E-state index in [-0.39, 0.29) is 11.0 Å². The van der Waals surface area contributed by atoms with Crippen molar-refractivity contribution in [1.82, 2.24) is 14.8 Å². The Bertz CT molecular complexity index is 891. The number of hydrogen-bond donors (Lipinski definition) is 1. The van der Waals surface area contributed by atoms with Crippen molar-refractivity contribution in [2.45, 2.75) is 49.6 Å². The number of carbonyl (C=O) groups excluding carboxylic acids is 1. The number of benzene rings is 1. The summed E-state index contributed by atoms with van der Waals surface area (Å²) < 4.78 is 27.0. The Balaban J connectivity index is 1.69. The van der Waals surface area contributed by atoms with E-state index in [9.17, 15) is 13.2 Å². The Labute approximate surface area is 157 Å². The highest BCUT2D eigenvalue weighted by Gasteiger charge is 2.22. The maximum atomic E-state index is 12.7. The number of carbonyl (C=O) groups is 1. The topological polar surface area (TPSA) is 93.9 Å². The molecule has 0 amide bonds. The van der Waals surface area contributed by atoms with Gasteiger partial charge in [0, 0.05) is 24.2 Å². The number of ketones is 1. The summed E-state index contributed by atoms with van der Waals surface area (Å²) in [5.41, 5.74) is 0.979. The molecule has 1 aromatic carbocycles. The molecule has 1 aliphatic heterocycles. The molecule has 0 aliphatic carbocycles. The molecule has 0 radical (unpaired) electrons. The fraction of sp³-hybridized carbons (Fsp3) is 0.471. The third kappa shape index (κ3) is 4.64. The fourth-order valence-corrected chi connectivity index (χ4v) is 4.44. The Kier molecular flexibility index (Phi) is 5.67. The molecule has 1 aromatic heterocycles. The van der Waals surface area contributed by atoms with E-state index in [1.165, 1.54) is 18.2 Å². The highest BCUT2D eigenvalue weighted by molar-refractivity contribution is 8.00. The third-order valence-electron chi connectivity index (χ3n) is 4.20. The van der Waals surface area contributed by atoms with Crippen LogP contribution in [0.4, 0.5) is 5.69 Å². The van der Waals surface area contributed by atoms with Gasteiger partial charge < -0.3 is 4.57 Å². The van der Waals surface area contributed by atoms with E-state index in [1.54, 1.807) is 24.3 Å². The Hall–Kier alpha value is -1.87. The molecule has 9 heteroatoms. The highest BCUT2D eigenvalue weighted by atomic mass is 32.2. The van der Waals surface area contributed by atoms with E-state index in [1.807, 2.05) is 6.92 Å². The van der Waals surface area contributed by atoms with Crippen LogP contribution >= 0.6 is 11.8 Å². The van der Waals surface area contributed by atoms with Crippen LogP contribution in [-0.4, -0.2) is 40.5 Å². The second-order valence-electron chi connectivity index (χ2n) is 6.44. The monoisotopic (exact) mass is 394 g/mol. The normalized spacial score (nSPS) is 15.8. The van der Waals surface area contributed by atoms with Crippen LogP contribution in [0.15, 0.2) is 29.4 Å². The summed E-state index contributed by atoms with van der Waals surface area (Å²) in [4.78, 5) is 12.7. The van der Waals surface area contributed by atoms with E-state index in [0.717, 1.165) is 43.0 Å². The number of nitrogens with zero attached hydrogens (tertiary/aromatic N) is 3. The molecule has 0 fully saturated rings. The molecular weight excluding hydrogens is 372 g/mol. The van der Waals surface area contributed by atoms with Gasteiger partial charge in [0.2, 0.25) is 10.0 Å². The predicted molar refractivity (Wildman–Crippen MR) is 102 cm³/mol. The average molecular weight is 395 g/mol. The van der Waals surface area contributed by atoms with Crippen molar-refractivity contribution in [3.05, 3.63) is 35.7 Å². The van der Waals surface area contributed by atoms with Crippen molar-refractivity contribution in [1.29, 1.82) is 0 Å². The molecule has 0 bridgehead atoms. The molecule has 7 nitrogen and oxygen atoms in total. The van der Waals surface area contributed by atoms with Crippen molar-refractivity contribution in [2.24, 2.45) is 0 Å². The minimum Gasteiger partial charge on any atom is -0.306 e. The first-order valence-electron chi connectivity index (χ1n) is 8.54. The molecule has 2 aromatic rings. The molecule has 2 heterocycles. The largest absolute Gasteiger partial charge is 0.306 e. The number of aryl methyl sites for hydroxylation is 1. The molecule has 3 rings (SSSR count). The predicted octanol–water partition coefficient (Wildman–Crippen LogP) is 2.74. The van der Waals surface area contributed by atoms with E-state index in [4.69, 9.17) is 0 Å². The number of anilines is 1. The van der Waals surface area contributed by atoms with E-state index in [2.05, 4.69) is 19.5 Å². The van der Waals surface area contributed by atoms with Crippen LogP contribution in [0.2, 0.25) is 0 Å². The standard InChI is InChI=1S/C17H22N4O3S2/c1-12(25-17-19-18-15-6-4-3-5-11-21(15)17)16(22)13-7-9-14(10-8-13)20-26(2,23)24/h7-10,12,20H,3-6,11H2,1-2H3/t12-/m1/s1. The van der Waals surface area contributed by atoms with Gasteiger partial charge in [-0.05, 0) is 44.0 Å². The summed E-state index contributed by atoms with van der Waals surface area (Å²) in [7, 11) is -3.33. The van der Waals surface area contributed by atoms with Crippen molar-refractivity contribution in [3.8, 4) is 0 Å². The van der Waals surface area contributed by atoms with Gasteiger partial charge >= 0.3 is 0 Å². The van der Waals surface area contributed by atoms with Crippen molar-refractivity contribution >= 4 is 33.3 Å². The SMILES string of the molecule is C[C@@H](Sc1nnc2n1CCCCC2)C(=O)c1ccc(NS(C)(=O)=O)cc1. The molecular formula is C17H22N4O3S2. The molecule has 1 atom stereocenters. The summed E-state index contributed by atoms with van der Waals surface area (Å²) in [6.07, 6.45) is 5.45. The number of aromatic nitrogens is 3. The summed E-state index contributed by atoms with van der Waals surface area (Å²) in [5.74, 6) is 0.979. The molecule has 0 spiro atoms. The van der Waals surface area contributed by atoms with Crippen LogP contribution in [0.25, 0.3) is 0 Å². The molecule has 26 heavy (non-hydrogen) atoms. The lowest BCUT2D eigenvalue weighted by atomic mass is 10.1. The maximum Gasteiger partial charge on any atom is 0.229 e. The van der Waals surface area contributed by atoms with E-state index >= 15 is 0 Å². The maximum absolute atomic E-state index is 12.7. The number of rotatable bonds is 6. The van der Waals surface area contributed by atoms with Crippen LogP contribution in [0, 0.1) is 0 Å². The van der Waals surface area contributed by atoms with Crippen molar-refractivity contribution in [3.63, 3.8) is 0 Å². The van der Waals surface area contributed by atoms with Gasteiger partial charge in [0.15, 0.2) is 10.9 Å². The van der Waals surface area contributed by atoms with Crippen LogP contribution in [0.1, 0.15) is 42.4 Å². The molecule has 0 saturated heterocycles. The number of Topliss-reactive ketones (excluding diaryl/α,β-unsaturated/α-hetero) is 1. The second-order valence-corrected chi connectivity index (χ2v) is 9.49. The van der Waals surface area contributed by atoms with Gasteiger partial charge in [0.25, 0.3) is 0 Å². The minimum absolute atomic E-state index is 0.0214. The number of sulfonamides is 1. The van der Waals surface area contributed by atoms with Crippen molar-refractivity contribution < 1.29 is 13.2 Å². The van der Waals surface area contributed by atoms with E-state index in [0.29, 0.717) is 11.3 Å². The first-order valence-corrected chi connectivity index (χ1v) is 11.3. The molecule has 0 saturated carbocycles. The molecule has 1 aliphatic rings. The van der Waals surface area contributed by atoms with Crippen LogP contribution in [0.5, 0.6) is 0 Å². The zero-order chi connectivity index (χ0) is 18.7. The zero-order valence-electron chi connectivity index (χ0n) is 14.8. The van der Waals surface area contributed by atoms with Crippen LogP contribution in [-0.2, 0) is 23.0 Å². The molecule has 140 valence electrons. The number of hydrogen-bond acceptors (Lipinski definition) is 6. The lowest BCUT2D eigenvalue weighted by Gasteiger charge is -2.12. The number of nitrogens with one attached hydrogen (secondary N) is 1. The number of fused-ring (bicyclic) bond motifs is 1. The fourth-order valence-electron chi connectivity index (χ4n) is 2.91. The van der Waals surface area contributed by atoms with Gasteiger partial charge in [-0.15, -0.1) is 10.2 Å². The van der Waals surface area contributed by atoms with Gasteiger partial charge in [-0.1, -0.05) is 18.2 Å². The van der Waals surface area contributed by atoms with Gasteiger partial charge in [-0.3, -0.25) is 9.52 Å². The van der Waals surface area contributed by atoms with Gasteiger partial charge in [0.1, 0.15) is 5.82 Å². The minimum atomic E-state index is -3.33. The Morgan fingerprint density at radius 2 is 1.92 bits per heavy atom. The summed E-state index contributed by atoms with van der Waals surface area (Å²) in [5, 5.41) is 9.00. The molecule has 1 N–H and O–H groups in total. The number of thioether (sulfide) groups is 1. The van der Waals surface area contributed by atoms with Crippen molar-refractivity contribution in [2.75, 3.05) is 11.0 Å². The quantitative estimate of drug-likeness (QED) is 0.598. The average Bonchev–Trinajstić information content (AvgIpc) is 2.80. The summed E-state index contributed by atoms with van der Waals surface area (Å²) in [6.45, 7) is 2.76. The first-order chi connectivity index (χ1) is 12.3. The lowest BCUT2D eigenvalue weighted by Crippen LogP contribution is -2.15. The first kappa shape index (κ1) is 18.9. The highest BCUT2D eigenvalue weighted by Crippen LogP contribution is 2.27. The smallest absolute Gasteiger partial charge is 0.229 e. The third-order valence-corrected chi connectivity index (χ3v) is 5.89.